The molecule has 32 atom stereocenters. The molecule has 4 aromatic rings. The van der Waals surface area contributed by atoms with Gasteiger partial charge in [-0.15, -0.1) is 0 Å². The van der Waals surface area contributed by atoms with Crippen LogP contribution in [-0.2, 0) is 116 Å². The maximum atomic E-state index is 13.9. The molecule has 22 fully saturated rings. The Morgan fingerprint density at radius 2 is 0.993 bits per heavy atom. The number of amides is 3. The van der Waals surface area contributed by atoms with Crippen molar-refractivity contribution in [3.05, 3.63) is 60.0 Å². The predicted octanol–water partition coefficient (Wildman–Crippen LogP) is -11.3. The summed E-state index contributed by atoms with van der Waals surface area (Å²) in [5.41, 5.74) is 9.76. The number of isocyanates is 1. The summed E-state index contributed by atoms with van der Waals surface area (Å²) >= 11 is 0. The molecule has 3 amide bonds. The second kappa shape index (κ2) is 51.5. The van der Waals surface area contributed by atoms with E-state index >= 15 is 0 Å². The molecule has 0 aliphatic carbocycles. The lowest BCUT2D eigenvalue weighted by Gasteiger charge is -2.51. The summed E-state index contributed by atoms with van der Waals surface area (Å²) in [7, 11) is -4.50. The van der Waals surface area contributed by atoms with Crippen molar-refractivity contribution in [1.82, 2.24) is 40.6 Å². The zero-order valence-electron chi connectivity index (χ0n) is 73.3. The molecule has 135 heavy (non-hydrogen) atoms. The van der Waals surface area contributed by atoms with Crippen molar-refractivity contribution in [1.29, 1.82) is 0 Å². The first-order valence-electron chi connectivity index (χ1n) is 43.8. The number of H-pyrrole nitrogens is 1. The number of aryl methyl sites for hydroxylation is 3. The lowest BCUT2D eigenvalue weighted by Crippen LogP contribution is -2.69. The molecule has 0 spiro atoms. The molecule has 22 aliphatic heterocycles. The molecule has 760 valence electrons. The topological polar surface area (TPSA) is 789 Å². The molecule has 12 bridgehead atoms. The van der Waals surface area contributed by atoms with Gasteiger partial charge in [0.25, 0.3) is 6.08 Å². The number of carboxylic acid groups (broad SMARTS) is 1. The number of ether oxygens (including phenoxy) is 16. The first-order chi connectivity index (χ1) is 64.8. The van der Waals surface area contributed by atoms with Crippen molar-refractivity contribution in [2.75, 3.05) is 122 Å². The molecule has 26 N–H and O–H groups in total. The summed E-state index contributed by atoms with van der Waals surface area (Å²) in [5.74, 6) is -2.50. The Morgan fingerprint density at radius 3 is 1.44 bits per heavy atom. The number of nitrogens with two attached hydrogens (primary N) is 1. The highest BCUT2D eigenvalue weighted by Gasteiger charge is 2.60. The average molecular weight is 1960 g/mol. The molecule has 0 radical (unpaired) electrons. The Balaban J connectivity index is 0.584. The van der Waals surface area contributed by atoms with Gasteiger partial charge in [0.15, 0.2) is 43.7 Å². The fraction of sp³-hybridized carbons (Fsp3) is 0.738. The Morgan fingerprint density at radius 1 is 0.548 bits per heavy atom. The lowest BCUT2D eigenvalue weighted by molar-refractivity contribution is -0.405. The number of sulfonamides is 1. The number of aromatic amines is 1. The van der Waals surface area contributed by atoms with Crippen LogP contribution < -0.4 is 41.6 Å². The number of aliphatic hydroxyl groups is 17. The molecule has 26 rings (SSSR count). The normalized spacial score (nSPS) is 33.4. The minimum absolute atomic E-state index is 0.0906. The Kier molecular flexibility index (Phi) is 41.1. The highest BCUT2D eigenvalue weighted by atomic mass is 32.2. The smallest absolute Gasteiger partial charge is 0.323 e. The van der Waals surface area contributed by atoms with Gasteiger partial charge in [0, 0.05) is 70.0 Å². The van der Waals surface area contributed by atoms with Gasteiger partial charge in [-0.25, -0.2) is 23.7 Å². The van der Waals surface area contributed by atoms with Crippen molar-refractivity contribution in [2.45, 2.75) is 267 Å². The second-order valence-electron chi connectivity index (χ2n) is 32.7. The van der Waals surface area contributed by atoms with E-state index in [1.54, 1.807) is 41.5 Å². The zero-order chi connectivity index (χ0) is 97.5. The van der Waals surface area contributed by atoms with E-state index in [1.165, 1.54) is 32.1 Å². The number of aromatic nitrogens is 4. The van der Waals surface area contributed by atoms with Gasteiger partial charge >= 0.3 is 5.97 Å². The molecule has 22 aliphatic rings. The van der Waals surface area contributed by atoms with E-state index in [4.69, 9.17) is 86.4 Å². The third-order valence-electron chi connectivity index (χ3n) is 23.2. The van der Waals surface area contributed by atoms with Crippen molar-refractivity contribution < 1.29 is 205 Å². The van der Waals surface area contributed by atoms with Crippen LogP contribution in [0.1, 0.15) is 56.1 Å². The standard InChI is InChI=1S/C80H122N12O42S/c1-37-25-41(26-38(2)71(37)135(116,117)90-43(73(114)115)29-92(88-36-99)40-8-10-44-39(27-40)28-87-91(44)17-4-12-84-80-85-15-16-86-80)121-20-3-7-51(100)82-13-5-18-118-21-23-120-24-22-119-19-6-14-83-72(113)42(81)9-11-52(101)89-134-70-63(112)79-127-50(35-98)69(70)133-78-62(111)57(106)67(48(33-96)126-78)131-76-60(109)55(104)65(46(31-94)124-76)129-74-58(107)53(102)64(45(30-93)122-74)128-75-59(108)54(103)66(47(32-95)123-75)130-77-61(110)56(105)68(132-79)49(34-97)125-77/h8,10,15-16,25-28,42-43,45-50,53-70,74-79,90,93-98,102-112H,3-7,9,11-14,17-24,29-35,81H2,1-2H3,(H,82,100)(H,83,113)(H,89,101)(H,114,115)(H2,84,85,86)/t42?,43?,45-,46-,47-,48-,49-,50-,53-,54-,55-,56-,57-,58-,59-,60-,61-,62-,63-,64-,65-,66-,67-,68-,69+,70-,74-,75-,76-,77-,78-,79-/m1/s1. The molecule has 54 nitrogen and oxygen atoms in total. The molecule has 2 unspecified atom stereocenters. The molecule has 24 heterocycles. The number of hydrogen-bond acceptors (Lipinski definition) is 47. The summed E-state index contributed by atoms with van der Waals surface area (Å²) in [6.07, 6.45) is -54.3. The van der Waals surface area contributed by atoms with Crippen LogP contribution in [0.25, 0.3) is 10.9 Å². The quantitative estimate of drug-likeness (QED) is 0.00846. The van der Waals surface area contributed by atoms with Gasteiger partial charge in [0.1, 0.15) is 158 Å². The lowest BCUT2D eigenvalue weighted by atomic mass is 9.94. The van der Waals surface area contributed by atoms with Crippen molar-refractivity contribution >= 4 is 62.3 Å². The summed E-state index contributed by atoms with van der Waals surface area (Å²) in [6, 6.07) is 4.85. The van der Waals surface area contributed by atoms with E-state index in [1.807, 2.05) is 0 Å². The Labute approximate surface area is 770 Å². The summed E-state index contributed by atoms with van der Waals surface area (Å²) in [4.78, 5) is 76.1. The van der Waals surface area contributed by atoms with Crippen LogP contribution in [-0.4, -0.2) is 458 Å². The SMILES string of the molecule is Cc1cc(OCCCC(=O)NCCCOCCOCCOCCCNC(=O)C(N)CCC(=O)NO[C@@H]2[C@@H](O)[C@H]3O[C@H]4[C@H](O)[C@@H](O)[C@@H](O[C@H]5[C@H](O)[C@@H](O)[C@@H](O[C@H]6[C@H](O)[C@@H](O)[C@@H](O[C@H]7[C@H](O)[C@@H](O)[C@@H](O[C@H]8[C@H](O)[C@@H](O)[C@@H](O[C@H]2[C@@H](CO)O3)O[C@@H]8CO)O[C@@H]7CO)O[C@@H]6CO)O[C@@H]5CO)O[C@@H]4CO)cc(C)c1S(=O)(=O)NC(CN(N=C=O)c1ccc2c(cnn2CCCNc2ncc[nH]2)c1)C(=O)O. The van der Waals surface area contributed by atoms with Crippen LogP contribution in [0.5, 0.6) is 5.75 Å². The van der Waals surface area contributed by atoms with E-state index in [0.717, 1.165) is 10.5 Å². The molecular formula is C80H122N12O42S. The van der Waals surface area contributed by atoms with Crippen LogP contribution in [0.3, 0.4) is 0 Å². The van der Waals surface area contributed by atoms with E-state index in [9.17, 15) is 124 Å². The summed E-state index contributed by atoms with van der Waals surface area (Å²) in [6.45, 7) is -1.01. The number of nitrogens with zero attached hydrogens (tertiary/aromatic N) is 5. The number of fused-ring (bicyclic) bond motifs is 1. The Hall–Kier alpha value is -7.67. The van der Waals surface area contributed by atoms with E-state index in [0.29, 0.717) is 69.0 Å². The van der Waals surface area contributed by atoms with Crippen LogP contribution in [0.2, 0.25) is 0 Å². The number of benzene rings is 2. The van der Waals surface area contributed by atoms with Crippen LogP contribution >= 0.6 is 0 Å². The van der Waals surface area contributed by atoms with Gasteiger partial charge < -0.3 is 194 Å². The maximum Gasteiger partial charge on any atom is 0.323 e. The summed E-state index contributed by atoms with van der Waals surface area (Å²) < 4.78 is 124. The number of carbonyl (C=O) groups excluding carboxylic acids is 4. The highest BCUT2D eigenvalue weighted by molar-refractivity contribution is 7.89. The fourth-order valence-corrected chi connectivity index (χ4v) is 17.7. The van der Waals surface area contributed by atoms with Gasteiger partial charge in [-0.3, -0.25) is 33.7 Å². The van der Waals surface area contributed by atoms with Crippen molar-refractivity contribution in [2.24, 2.45) is 10.8 Å². The second-order valence-corrected chi connectivity index (χ2v) is 34.4. The largest absolute Gasteiger partial charge is 0.494 e. The van der Waals surface area contributed by atoms with Crippen molar-refractivity contribution in [3.63, 3.8) is 0 Å². The van der Waals surface area contributed by atoms with Crippen LogP contribution in [0.4, 0.5) is 11.6 Å². The van der Waals surface area contributed by atoms with Gasteiger partial charge in [-0.2, -0.15) is 9.82 Å². The minimum Gasteiger partial charge on any atom is -0.494 e. The van der Waals surface area contributed by atoms with E-state index < -0.39 is 277 Å². The molecule has 0 saturated carbocycles. The predicted molar refractivity (Wildman–Crippen MR) is 447 cm³/mol. The highest BCUT2D eigenvalue weighted by Crippen LogP contribution is 2.40. The van der Waals surface area contributed by atoms with E-state index in [-0.39, 0.29) is 86.6 Å². The van der Waals surface area contributed by atoms with Gasteiger partial charge in [-0.05, 0) is 87.4 Å². The monoisotopic (exact) mass is 1950 g/mol. The number of aliphatic carboxylic acids is 1. The first kappa shape index (κ1) is 108. The average Bonchev–Trinajstić information content (AvgIpc) is 1.16. The number of nitrogens with one attached hydrogen (secondary N) is 6. The number of hydrogen-bond donors (Lipinski definition) is 25. The number of anilines is 2. The number of carboxylic acids is 1. The fourth-order valence-electron chi connectivity index (χ4n) is 16.1. The van der Waals surface area contributed by atoms with E-state index in [2.05, 4.69) is 46.3 Å². The minimum atomic E-state index is -4.50. The Bertz CT molecular complexity index is 4490. The number of rotatable bonds is 44. The molecular weight excluding hydrogens is 1830 g/mol. The molecule has 55 heteroatoms. The zero-order valence-corrected chi connectivity index (χ0v) is 74.2. The molecule has 22 saturated heterocycles. The number of aliphatic hydroxyl groups excluding tert-OH is 17. The third kappa shape index (κ3) is 27.7. The number of imidazole rings is 1. The molecule has 2 aromatic carbocycles. The van der Waals surface area contributed by atoms with Crippen molar-refractivity contribution in [3.8, 4) is 5.75 Å². The number of carbonyl (C=O) groups is 4. The summed E-state index contributed by atoms with van der Waals surface area (Å²) in [5, 5.41) is 220. The van der Waals surface area contributed by atoms with Gasteiger partial charge in [0.05, 0.1) is 108 Å². The first-order valence-corrected chi connectivity index (χ1v) is 45.3. The maximum absolute atomic E-state index is 13.9. The number of hydrazone groups is 1. The van der Waals surface area contributed by atoms with Gasteiger partial charge in [0.2, 0.25) is 27.7 Å². The van der Waals surface area contributed by atoms with Crippen LogP contribution in [0.15, 0.2) is 58.9 Å². The van der Waals surface area contributed by atoms with Crippen LogP contribution in [0, 0.1) is 13.8 Å². The third-order valence-corrected chi connectivity index (χ3v) is 24.9. The van der Waals surface area contributed by atoms with Gasteiger partial charge in [-0.1, -0.05) is 5.10 Å². The number of hydroxylamine groups is 1. The molecule has 2 aromatic heterocycles.